The molecule has 1 fully saturated rings. The van der Waals surface area contributed by atoms with E-state index < -0.39 is 11.2 Å². The van der Waals surface area contributed by atoms with Crippen LogP contribution in [0.15, 0.2) is 56.7 Å². The normalized spacial score (nSPS) is 17.1. The Hall–Kier alpha value is -3.49. The number of hydrogen-bond donors (Lipinski definition) is 1. The van der Waals surface area contributed by atoms with Crippen molar-refractivity contribution in [2.24, 2.45) is 0 Å². The fourth-order valence-electron chi connectivity index (χ4n) is 3.55. The van der Waals surface area contributed by atoms with Crippen molar-refractivity contribution in [2.75, 3.05) is 6.54 Å². The lowest BCUT2D eigenvalue weighted by Crippen LogP contribution is -2.40. The second-order valence-electron chi connectivity index (χ2n) is 7.01. The third-order valence-corrected chi connectivity index (χ3v) is 5.04. The van der Waals surface area contributed by atoms with E-state index in [0.717, 1.165) is 31.2 Å². The van der Waals surface area contributed by atoms with E-state index in [2.05, 4.69) is 15.1 Å². The summed E-state index contributed by atoms with van der Waals surface area (Å²) in [5.41, 5.74) is -0.285. The smallest absolute Gasteiger partial charge is 0.328 e. The van der Waals surface area contributed by atoms with Crippen LogP contribution in [0.3, 0.4) is 0 Å². The summed E-state index contributed by atoms with van der Waals surface area (Å²) in [5, 5.41) is 4.13. The molecule has 0 spiro atoms. The quantitative estimate of drug-likeness (QED) is 0.720. The molecule has 0 radical (unpaired) electrons. The molecule has 9 heteroatoms. The van der Waals surface area contributed by atoms with E-state index in [1.807, 2.05) is 30.3 Å². The number of hydrogen-bond acceptors (Lipinski definition) is 6. The van der Waals surface area contributed by atoms with E-state index in [0.29, 0.717) is 18.3 Å². The minimum Gasteiger partial charge on any atom is -0.334 e. The number of carbonyl (C=O) groups is 1. The fourth-order valence-corrected chi connectivity index (χ4v) is 3.55. The van der Waals surface area contributed by atoms with E-state index in [1.165, 1.54) is 16.8 Å². The molecule has 150 valence electrons. The SMILES string of the molecule is O=C(Cn1ccc(=O)[nH]c1=O)N1CCCCCC1c1noc(-c2ccccc2)n1. The zero-order valence-corrected chi connectivity index (χ0v) is 15.8. The molecule has 9 nitrogen and oxygen atoms in total. The lowest BCUT2D eigenvalue weighted by Gasteiger charge is -2.28. The van der Waals surface area contributed by atoms with E-state index in [4.69, 9.17) is 4.52 Å². The summed E-state index contributed by atoms with van der Waals surface area (Å²) in [7, 11) is 0. The second kappa shape index (κ2) is 8.26. The number of carbonyl (C=O) groups excluding carboxylic acids is 1. The van der Waals surface area contributed by atoms with Gasteiger partial charge in [0.05, 0.1) is 6.04 Å². The third kappa shape index (κ3) is 4.18. The van der Waals surface area contributed by atoms with Crippen LogP contribution in [0, 0.1) is 0 Å². The number of benzene rings is 1. The molecule has 0 saturated carbocycles. The summed E-state index contributed by atoms with van der Waals surface area (Å²) in [6, 6.07) is 10.4. The lowest BCUT2D eigenvalue weighted by molar-refractivity contribution is -0.134. The monoisotopic (exact) mass is 395 g/mol. The Balaban J connectivity index is 1.59. The van der Waals surface area contributed by atoms with E-state index >= 15 is 0 Å². The highest BCUT2D eigenvalue weighted by atomic mass is 16.5. The molecule has 1 saturated heterocycles. The minimum absolute atomic E-state index is 0.157. The Morgan fingerprint density at radius 3 is 2.76 bits per heavy atom. The van der Waals surface area contributed by atoms with Crippen LogP contribution in [0.5, 0.6) is 0 Å². The van der Waals surface area contributed by atoms with E-state index in [9.17, 15) is 14.4 Å². The van der Waals surface area contributed by atoms with Gasteiger partial charge < -0.3 is 9.42 Å². The first-order valence-corrected chi connectivity index (χ1v) is 9.60. The van der Waals surface area contributed by atoms with Crippen LogP contribution in [0.4, 0.5) is 0 Å². The van der Waals surface area contributed by atoms with Crippen LogP contribution in [0.1, 0.15) is 37.5 Å². The van der Waals surface area contributed by atoms with Crippen molar-refractivity contribution in [3.8, 4) is 11.5 Å². The maximum absolute atomic E-state index is 13.0. The molecule has 1 unspecified atom stereocenters. The zero-order valence-electron chi connectivity index (χ0n) is 15.8. The summed E-state index contributed by atoms with van der Waals surface area (Å²) >= 11 is 0. The van der Waals surface area contributed by atoms with Gasteiger partial charge in [-0.2, -0.15) is 4.98 Å². The molecule has 29 heavy (non-hydrogen) atoms. The highest BCUT2D eigenvalue weighted by Crippen LogP contribution is 2.30. The van der Waals surface area contributed by atoms with Gasteiger partial charge in [0.15, 0.2) is 5.82 Å². The molecular formula is C20H21N5O4. The number of aromatic amines is 1. The van der Waals surface area contributed by atoms with Gasteiger partial charge in [0, 0.05) is 24.4 Å². The molecule has 3 aromatic rings. The van der Waals surface area contributed by atoms with Crippen molar-refractivity contribution in [2.45, 2.75) is 38.3 Å². The highest BCUT2D eigenvalue weighted by Gasteiger charge is 2.30. The van der Waals surface area contributed by atoms with Crippen molar-refractivity contribution in [3.63, 3.8) is 0 Å². The summed E-state index contributed by atoms with van der Waals surface area (Å²) in [4.78, 5) is 44.6. The number of H-pyrrole nitrogens is 1. The van der Waals surface area contributed by atoms with E-state index in [1.54, 1.807) is 4.90 Å². The predicted octanol–water partition coefficient (Wildman–Crippen LogP) is 1.73. The molecule has 4 rings (SSSR count). The van der Waals surface area contributed by atoms with Crippen molar-refractivity contribution in [1.82, 2.24) is 24.6 Å². The summed E-state index contributed by atoms with van der Waals surface area (Å²) in [5.74, 6) is 0.652. The van der Waals surface area contributed by atoms with Gasteiger partial charge >= 0.3 is 5.69 Å². The zero-order chi connectivity index (χ0) is 20.2. The first kappa shape index (κ1) is 18.9. The van der Waals surface area contributed by atoms with Crippen molar-refractivity contribution >= 4 is 5.91 Å². The molecular weight excluding hydrogens is 374 g/mol. The van der Waals surface area contributed by atoms with Gasteiger partial charge in [-0.05, 0) is 25.0 Å². The van der Waals surface area contributed by atoms with Gasteiger partial charge in [0.25, 0.3) is 11.4 Å². The Labute approximate surface area is 166 Å². The number of nitrogens with one attached hydrogen (secondary N) is 1. The van der Waals surface area contributed by atoms with Crippen LogP contribution in [0.2, 0.25) is 0 Å². The first-order chi connectivity index (χ1) is 14.1. The highest BCUT2D eigenvalue weighted by molar-refractivity contribution is 5.76. The number of aromatic nitrogens is 4. The number of likely N-dealkylation sites (tertiary alicyclic amines) is 1. The molecule has 3 heterocycles. The van der Waals surface area contributed by atoms with Crippen LogP contribution in [-0.2, 0) is 11.3 Å². The standard InChI is InChI=1S/C20H21N5O4/c26-16-10-12-24(20(28)21-16)13-17(27)25-11-6-2-5-9-15(25)18-22-19(29-23-18)14-7-3-1-4-8-14/h1,3-4,7-8,10,12,15H,2,5-6,9,11,13H2,(H,21,26,28). The summed E-state index contributed by atoms with van der Waals surface area (Å²) < 4.78 is 6.62. The van der Waals surface area contributed by atoms with Gasteiger partial charge in [-0.3, -0.25) is 19.1 Å². The Morgan fingerprint density at radius 2 is 1.97 bits per heavy atom. The molecule has 2 aromatic heterocycles. The van der Waals surface area contributed by atoms with E-state index in [-0.39, 0.29) is 18.5 Å². The molecule has 1 atom stereocenters. The first-order valence-electron chi connectivity index (χ1n) is 9.60. The third-order valence-electron chi connectivity index (χ3n) is 5.04. The second-order valence-corrected chi connectivity index (χ2v) is 7.01. The number of rotatable bonds is 4. The summed E-state index contributed by atoms with van der Waals surface area (Å²) in [6.45, 7) is 0.395. The van der Waals surface area contributed by atoms with Crippen molar-refractivity contribution in [1.29, 1.82) is 0 Å². The van der Waals surface area contributed by atoms with Crippen LogP contribution >= 0.6 is 0 Å². The molecule has 1 amide bonds. The average Bonchev–Trinajstić information content (AvgIpc) is 3.08. The molecule has 0 aliphatic carbocycles. The summed E-state index contributed by atoms with van der Waals surface area (Å²) in [6.07, 6.45) is 4.87. The Morgan fingerprint density at radius 1 is 1.14 bits per heavy atom. The van der Waals surface area contributed by atoms with Gasteiger partial charge in [-0.25, -0.2) is 4.79 Å². The van der Waals surface area contributed by atoms with Crippen LogP contribution in [0.25, 0.3) is 11.5 Å². The van der Waals surface area contributed by atoms with Crippen molar-refractivity contribution in [3.05, 3.63) is 69.3 Å². The lowest BCUT2D eigenvalue weighted by atomic mass is 10.1. The van der Waals surface area contributed by atoms with Crippen LogP contribution in [-0.4, -0.2) is 37.0 Å². The molecule has 1 aliphatic heterocycles. The van der Waals surface area contributed by atoms with Crippen molar-refractivity contribution < 1.29 is 9.32 Å². The molecule has 1 aromatic carbocycles. The fraction of sp³-hybridized carbons (Fsp3) is 0.350. The Kier molecular flexibility index (Phi) is 5.37. The Bertz CT molecular complexity index is 1100. The average molecular weight is 395 g/mol. The molecule has 1 N–H and O–H groups in total. The minimum atomic E-state index is -0.608. The number of nitrogens with zero attached hydrogens (tertiary/aromatic N) is 4. The molecule has 0 bridgehead atoms. The predicted molar refractivity (Wildman–Crippen MR) is 104 cm³/mol. The maximum Gasteiger partial charge on any atom is 0.328 e. The maximum atomic E-state index is 13.0. The van der Waals surface area contributed by atoms with Gasteiger partial charge in [-0.1, -0.05) is 36.2 Å². The largest absolute Gasteiger partial charge is 0.334 e. The topological polar surface area (TPSA) is 114 Å². The van der Waals surface area contributed by atoms with Crippen LogP contribution < -0.4 is 11.2 Å². The number of amides is 1. The van der Waals surface area contributed by atoms with Gasteiger partial charge in [-0.15, -0.1) is 0 Å². The van der Waals surface area contributed by atoms with Gasteiger partial charge in [0.2, 0.25) is 5.91 Å². The van der Waals surface area contributed by atoms with Gasteiger partial charge in [0.1, 0.15) is 6.54 Å². The molecule has 1 aliphatic rings.